The number of pyridine rings is 1. The summed E-state index contributed by atoms with van der Waals surface area (Å²) in [7, 11) is 0. The summed E-state index contributed by atoms with van der Waals surface area (Å²) in [6, 6.07) is 4.15. The zero-order valence-electron chi connectivity index (χ0n) is 15.8. The van der Waals surface area contributed by atoms with Crippen LogP contribution in [-0.2, 0) is 12.6 Å². The molecule has 28 heavy (non-hydrogen) atoms. The van der Waals surface area contributed by atoms with Crippen LogP contribution in [0.3, 0.4) is 0 Å². The molecule has 3 aromatic rings. The molecular formula is C21H23F3N4. The summed E-state index contributed by atoms with van der Waals surface area (Å²) in [6.45, 7) is 2.25. The maximum absolute atomic E-state index is 13.2. The van der Waals surface area contributed by atoms with Crippen molar-refractivity contribution in [3.63, 3.8) is 0 Å². The molecule has 0 bridgehead atoms. The molecule has 3 aromatic heterocycles. The quantitative estimate of drug-likeness (QED) is 0.587. The van der Waals surface area contributed by atoms with Gasteiger partial charge >= 0.3 is 6.18 Å². The van der Waals surface area contributed by atoms with Crippen LogP contribution in [0.2, 0.25) is 0 Å². The van der Waals surface area contributed by atoms with Crippen LogP contribution in [0.25, 0.3) is 17.0 Å². The summed E-state index contributed by atoms with van der Waals surface area (Å²) >= 11 is 0. The Morgan fingerprint density at radius 3 is 2.68 bits per heavy atom. The normalized spacial score (nSPS) is 17.1. The molecule has 1 unspecified atom stereocenters. The van der Waals surface area contributed by atoms with Crippen molar-refractivity contribution in [1.29, 1.82) is 0 Å². The summed E-state index contributed by atoms with van der Waals surface area (Å²) in [5, 5.41) is 0. The number of imidazole rings is 1. The van der Waals surface area contributed by atoms with Crippen LogP contribution < -0.4 is 0 Å². The Balaban J connectivity index is 1.63. The topological polar surface area (TPSA) is 43.1 Å². The van der Waals surface area contributed by atoms with Crippen LogP contribution in [0.15, 0.2) is 36.8 Å². The van der Waals surface area contributed by atoms with E-state index >= 15 is 0 Å². The number of hydrogen-bond donors (Lipinski definition) is 0. The van der Waals surface area contributed by atoms with Crippen LogP contribution in [0.5, 0.6) is 0 Å². The summed E-state index contributed by atoms with van der Waals surface area (Å²) in [6.07, 6.45) is 7.46. The smallest absolute Gasteiger partial charge is 0.298 e. The molecule has 3 heterocycles. The van der Waals surface area contributed by atoms with E-state index in [1.54, 1.807) is 18.5 Å². The zero-order chi connectivity index (χ0) is 19.7. The highest BCUT2D eigenvalue weighted by atomic mass is 19.4. The van der Waals surface area contributed by atoms with Gasteiger partial charge in [0.2, 0.25) is 0 Å². The van der Waals surface area contributed by atoms with Crippen LogP contribution in [0.4, 0.5) is 13.2 Å². The molecular weight excluding hydrogens is 365 g/mol. The third kappa shape index (κ3) is 3.75. The first-order valence-corrected chi connectivity index (χ1v) is 9.79. The Morgan fingerprint density at radius 2 is 1.93 bits per heavy atom. The van der Waals surface area contributed by atoms with Crippen molar-refractivity contribution >= 4 is 5.65 Å². The van der Waals surface area contributed by atoms with Crippen LogP contribution in [-0.4, -0.2) is 19.4 Å². The number of halogens is 3. The van der Waals surface area contributed by atoms with Crippen molar-refractivity contribution in [3.05, 3.63) is 48.2 Å². The molecule has 0 aromatic carbocycles. The number of nitrogens with zero attached hydrogens (tertiary/aromatic N) is 4. The van der Waals surface area contributed by atoms with E-state index in [4.69, 9.17) is 0 Å². The molecule has 1 atom stereocenters. The van der Waals surface area contributed by atoms with Gasteiger partial charge in [-0.25, -0.2) is 15.0 Å². The molecule has 0 N–H and O–H groups in total. The Bertz CT molecular complexity index is 958. The molecule has 1 fully saturated rings. The lowest BCUT2D eigenvalue weighted by molar-refractivity contribution is -0.136. The van der Waals surface area contributed by atoms with E-state index < -0.39 is 11.7 Å². The number of fused-ring (bicyclic) bond motifs is 1. The van der Waals surface area contributed by atoms with E-state index in [2.05, 4.69) is 21.9 Å². The first-order valence-electron chi connectivity index (χ1n) is 9.79. The van der Waals surface area contributed by atoms with Gasteiger partial charge in [0.25, 0.3) is 0 Å². The van der Waals surface area contributed by atoms with Crippen LogP contribution in [0.1, 0.15) is 50.4 Å². The van der Waals surface area contributed by atoms with Gasteiger partial charge in [-0.3, -0.25) is 4.40 Å². The molecule has 0 saturated heterocycles. The Kier molecular flexibility index (Phi) is 5.08. The molecule has 0 radical (unpaired) electrons. The minimum atomic E-state index is -4.45. The summed E-state index contributed by atoms with van der Waals surface area (Å²) in [4.78, 5) is 13.0. The molecule has 4 nitrogen and oxygen atoms in total. The first-order chi connectivity index (χ1) is 13.4. The van der Waals surface area contributed by atoms with Crippen LogP contribution >= 0.6 is 0 Å². The SMILES string of the molecule is CC(Cc1nccc(-c2cnc3c(C(F)(F)F)cccn23)n1)C1CCCCC1. The van der Waals surface area contributed by atoms with Crippen LogP contribution in [0, 0.1) is 11.8 Å². The first kappa shape index (κ1) is 18.9. The lowest BCUT2D eigenvalue weighted by Gasteiger charge is -2.27. The average Bonchev–Trinajstić information content (AvgIpc) is 3.12. The fourth-order valence-corrected chi connectivity index (χ4v) is 4.22. The Labute approximate surface area is 161 Å². The standard InChI is InChI=1S/C21H23F3N4/c1-14(15-6-3-2-4-7-15)12-19-25-10-9-17(27-19)18-13-26-20-16(21(22,23)24)8-5-11-28(18)20/h5,8-11,13-15H,2-4,6-7,12H2,1H3. The highest BCUT2D eigenvalue weighted by Crippen LogP contribution is 2.34. The monoisotopic (exact) mass is 388 g/mol. The minimum Gasteiger partial charge on any atom is -0.298 e. The molecule has 7 heteroatoms. The van der Waals surface area contributed by atoms with Gasteiger partial charge in [-0.15, -0.1) is 0 Å². The van der Waals surface area contributed by atoms with E-state index in [1.165, 1.54) is 48.8 Å². The largest absolute Gasteiger partial charge is 0.419 e. The molecule has 1 saturated carbocycles. The second kappa shape index (κ2) is 7.53. The summed E-state index contributed by atoms with van der Waals surface area (Å²) in [5.74, 6) is 1.93. The van der Waals surface area contributed by atoms with Gasteiger partial charge < -0.3 is 0 Å². The molecule has 4 rings (SSSR count). The van der Waals surface area contributed by atoms with Gasteiger partial charge in [0, 0.05) is 18.8 Å². The lowest BCUT2D eigenvalue weighted by Crippen LogP contribution is -2.18. The lowest BCUT2D eigenvalue weighted by atomic mass is 9.79. The fraction of sp³-hybridized carbons (Fsp3) is 0.476. The highest BCUT2D eigenvalue weighted by Gasteiger charge is 2.34. The molecule has 0 amide bonds. The fourth-order valence-electron chi connectivity index (χ4n) is 4.22. The number of alkyl halides is 3. The zero-order valence-corrected chi connectivity index (χ0v) is 15.8. The molecule has 148 valence electrons. The van der Waals surface area contributed by atoms with E-state index in [0.29, 0.717) is 23.2 Å². The predicted octanol–water partition coefficient (Wildman–Crippen LogP) is 5.57. The van der Waals surface area contributed by atoms with E-state index in [1.807, 2.05) is 0 Å². The van der Waals surface area contributed by atoms with Gasteiger partial charge in [0.1, 0.15) is 11.5 Å². The van der Waals surface area contributed by atoms with Crippen molar-refractivity contribution < 1.29 is 13.2 Å². The predicted molar refractivity (Wildman–Crippen MR) is 101 cm³/mol. The maximum Gasteiger partial charge on any atom is 0.419 e. The maximum atomic E-state index is 13.2. The van der Waals surface area contributed by atoms with E-state index in [9.17, 15) is 13.2 Å². The van der Waals surface area contributed by atoms with Gasteiger partial charge in [0.15, 0.2) is 0 Å². The molecule has 1 aliphatic carbocycles. The van der Waals surface area contributed by atoms with Crippen molar-refractivity contribution in [3.8, 4) is 11.4 Å². The molecule has 0 spiro atoms. The minimum absolute atomic E-state index is 0.110. The van der Waals surface area contributed by atoms with Crippen molar-refractivity contribution in [2.75, 3.05) is 0 Å². The van der Waals surface area contributed by atoms with Gasteiger partial charge in [0.05, 0.1) is 23.1 Å². The summed E-state index contributed by atoms with van der Waals surface area (Å²) < 4.78 is 41.1. The molecule has 1 aliphatic rings. The Morgan fingerprint density at radius 1 is 1.14 bits per heavy atom. The van der Waals surface area contributed by atoms with Gasteiger partial charge in [-0.1, -0.05) is 39.0 Å². The van der Waals surface area contributed by atoms with Gasteiger partial charge in [-0.05, 0) is 30.0 Å². The van der Waals surface area contributed by atoms with E-state index in [0.717, 1.165) is 18.3 Å². The third-order valence-corrected chi connectivity index (χ3v) is 5.77. The van der Waals surface area contributed by atoms with Crippen molar-refractivity contribution in [2.24, 2.45) is 11.8 Å². The highest BCUT2D eigenvalue weighted by molar-refractivity contribution is 5.62. The molecule has 0 aliphatic heterocycles. The number of rotatable bonds is 4. The number of hydrogen-bond acceptors (Lipinski definition) is 3. The van der Waals surface area contributed by atoms with E-state index in [-0.39, 0.29) is 5.65 Å². The van der Waals surface area contributed by atoms with Gasteiger partial charge in [-0.2, -0.15) is 13.2 Å². The summed E-state index contributed by atoms with van der Waals surface area (Å²) in [5.41, 5.74) is 0.268. The second-order valence-corrected chi connectivity index (χ2v) is 7.69. The Hall–Kier alpha value is -2.44. The third-order valence-electron chi connectivity index (χ3n) is 5.77. The van der Waals surface area contributed by atoms with Crippen molar-refractivity contribution in [2.45, 2.75) is 51.6 Å². The number of aromatic nitrogens is 4. The second-order valence-electron chi connectivity index (χ2n) is 7.69. The van der Waals surface area contributed by atoms with Crippen molar-refractivity contribution in [1.82, 2.24) is 19.4 Å². The average molecular weight is 388 g/mol.